The van der Waals surface area contributed by atoms with Crippen LogP contribution in [0.3, 0.4) is 0 Å². The van der Waals surface area contributed by atoms with Crippen molar-refractivity contribution in [2.45, 2.75) is 32.8 Å². The third-order valence-corrected chi connectivity index (χ3v) is 5.05. The Morgan fingerprint density at radius 2 is 1.92 bits per heavy atom. The standard InChI is InChI=1S/C19H27N3O3/c1-14-5-6-16(12-15(14)2)20-18(23)13-21-7-9-22(10-8-21)19(24)17-4-3-11-25-17/h5-6,12,17H,3-4,7-11,13H2,1-2H3,(H,20,23)/t17-/m1/s1. The number of hydrogen-bond donors (Lipinski definition) is 1. The number of piperazine rings is 1. The highest BCUT2D eigenvalue weighted by molar-refractivity contribution is 5.92. The molecule has 2 amide bonds. The number of amides is 2. The van der Waals surface area contributed by atoms with Gasteiger partial charge >= 0.3 is 0 Å². The molecule has 6 heteroatoms. The van der Waals surface area contributed by atoms with Gasteiger partial charge in [-0.1, -0.05) is 6.07 Å². The first-order valence-corrected chi connectivity index (χ1v) is 9.03. The van der Waals surface area contributed by atoms with Gasteiger partial charge in [0.1, 0.15) is 6.10 Å². The van der Waals surface area contributed by atoms with Gasteiger partial charge in [0.05, 0.1) is 6.54 Å². The van der Waals surface area contributed by atoms with Crippen LogP contribution in [0.15, 0.2) is 18.2 Å². The van der Waals surface area contributed by atoms with E-state index in [0.29, 0.717) is 26.2 Å². The van der Waals surface area contributed by atoms with Crippen LogP contribution in [-0.2, 0) is 14.3 Å². The summed E-state index contributed by atoms with van der Waals surface area (Å²) in [6, 6.07) is 5.93. The van der Waals surface area contributed by atoms with Crippen LogP contribution in [0, 0.1) is 13.8 Å². The maximum atomic E-state index is 12.3. The number of anilines is 1. The highest BCUT2D eigenvalue weighted by atomic mass is 16.5. The van der Waals surface area contributed by atoms with Gasteiger partial charge in [-0.15, -0.1) is 0 Å². The average molecular weight is 345 g/mol. The van der Waals surface area contributed by atoms with Crippen molar-refractivity contribution in [1.82, 2.24) is 9.80 Å². The van der Waals surface area contributed by atoms with E-state index in [0.717, 1.165) is 31.6 Å². The summed E-state index contributed by atoms with van der Waals surface area (Å²) in [5, 5.41) is 2.95. The fourth-order valence-electron chi connectivity index (χ4n) is 3.33. The highest BCUT2D eigenvalue weighted by Gasteiger charge is 2.30. The summed E-state index contributed by atoms with van der Waals surface area (Å²) in [6.07, 6.45) is 1.55. The lowest BCUT2D eigenvalue weighted by Gasteiger charge is -2.35. The molecule has 2 heterocycles. The molecule has 0 spiro atoms. The van der Waals surface area contributed by atoms with Gasteiger partial charge in [0, 0.05) is 38.5 Å². The number of nitrogens with one attached hydrogen (secondary N) is 1. The van der Waals surface area contributed by atoms with Crippen LogP contribution in [-0.4, -0.2) is 67.0 Å². The molecule has 1 aromatic rings. The third kappa shape index (κ3) is 4.58. The number of benzene rings is 1. The molecule has 6 nitrogen and oxygen atoms in total. The van der Waals surface area contributed by atoms with Crippen LogP contribution in [0.25, 0.3) is 0 Å². The van der Waals surface area contributed by atoms with Crippen molar-refractivity contribution in [2.75, 3.05) is 44.6 Å². The largest absolute Gasteiger partial charge is 0.368 e. The van der Waals surface area contributed by atoms with Crippen LogP contribution < -0.4 is 5.32 Å². The van der Waals surface area contributed by atoms with E-state index in [-0.39, 0.29) is 17.9 Å². The zero-order valence-corrected chi connectivity index (χ0v) is 15.1. The van der Waals surface area contributed by atoms with E-state index in [9.17, 15) is 9.59 Å². The summed E-state index contributed by atoms with van der Waals surface area (Å²) < 4.78 is 5.47. The van der Waals surface area contributed by atoms with Crippen molar-refractivity contribution in [1.29, 1.82) is 0 Å². The Hall–Kier alpha value is -1.92. The number of nitrogens with zero attached hydrogens (tertiary/aromatic N) is 2. The molecule has 0 aliphatic carbocycles. The fraction of sp³-hybridized carbons (Fsp3) is 0.579. The lowest BCUT2D eigenvalue weighted by atomic mass is 10.1. The molecule has 2 aliphatic rings. The second kappa shape index (κ2) is 7.97. The molecule has 0 unspecified atom stereocenters. The van der Waals surface area contributed by atoms with Crippen LogP contribution in [0.5, 0.6) is 0 Å². The number of ether oxygens (including phenoxy) is 1. The third-order valence-electron chi connectivity index (χ3n) is 5.05. The Morgan fingerprint density at radius 3 is 2.56 bits per heavy atom. The molecule has 1 aromatic carbocycles. The Labute approximate surface area is 149 Å². The quantitative estimate of drug-likeness (QED) is 0.900. The van der Waals surface area contributed by atoms with Crippen molar-refractivity contribution in [3.8, 4) is 0 Å². The normalized spacial score (nSPS) is 21.4. The van der Waals surface area contributed by atoms with Crippen LogP contribution in [0.4, 0.5) is 5.69 Å². The Morgan fingerprint density at radius 1 is 1.16 bits per heavy atom. The lowest BCUT2D eigenvalue weighted by molar-refractivity contribution is -0.142. The van der Waals surface area contributed by atoms with Gasteiger partial charge in [0.2, 0.25) is 5.91 Å². The van der Waals surface area contributed by atoms with Crippen molar-refractivity contribution in [3.05, 3.63) is 29.3 Å². The minimum absolute atomic E-state index is 0.0119. The first kappa shape index (κ1) is 17.9. The lowest BCUT2D eigenvalue weighted by Crippen LogP contribution is -2.52. The van der Waals surface area contributed by atoms with Crippen molar-refractivity contribution in [3.63, 3.8) is 0 Å². The number of aryl methyl sites for hydroxylation is 2. The smallest absolute Gasteiger partial charge is 0.251 e. The predicted octanol–water partition coefficient (Wildman–Crippen LogP) is 1.57. The highest BCUT2D eigenvalue weighted by Crippen LogP contribution is 2.16. The van der Waals surface area contributed by atoms with Gasteiger partial charge in [0.25, 0.3) is 5.91 Å². The number of carbonyl (C=O) groups is 2. The van der Waals surface area contributed by atoms with E-state index >= 15 is 0 Å². The zero-order valence-electron chi connectivity index (χ0n) is 15.1. The van der Waals surface area contributed by atoms with Gasteiger partial charge in [-0.05, 0) is 49.9 Å². The SMILES string of the molecule is Cc1ccc(NC(=O)CN2CCN(C(=O)[C@H]3CCCO3)CC2)cc1C. The second-order valence-corrected chi connectivity index (χ2v) is 6.95. The first-order valence-electron chi connectivity index (χ1n) is 9.03. The molecule has 3 rings (SSSR count). The molecule has 0 radical (unpaired) electrons. The van der Waals surface area contributed by atoms with E-state index in [1.54, 1.807) is 0 Å². The van der Waals surface area contributed by atoms with Crippen molar-refractivity contribution in [2.24, 2.45) is 0 Å². The molecule has 0 saturated carbocycles. The van der Waals surface area contributed by atoms with Gasteiger partial charge in [-0.3, -0.25) is 14.5 Å². The average Bonchev–Trinajstić information content (AvgIpc) is 3.13. The first-order chi connectivity index (χ1) is 12.0. The summed E-state index contributed by atoms with van der Waals surface area (Å²) >= 11 is 0. The van der Waals surface area contributed by atoms with Crippen LogP contribution in [0.1, 0.15) is 24.0 Å². The fourth-order valence-corrected chi connectivity index (χ4v) is 3.33. The molecule has 1 N–H and O–H groups in total. The topological polar surface area (TPSA) is 61.9 Å². The molecule has 0 aromatic heterocycles. The van der Waals surface area contributed by atoms with E-state index in [4.69, 9.17) is 4.74 Å². The van der Waals surface area contributed by atoms with Crippen molar-refractivity contribution < 1.29 is 14.3 Å². The zero-order chi connectivity index (χ0) is 17.8. The van der Waals surface area contributed by atoms with Gasteiger partial charge in [-0.2, -0.15) is 0 Å². The number of rotatable bonds is 4. The second-order valence-electron chi connectivity index (χ2n) is 6.95. The summed E-state index contributed by atoms with van der Waals surface area (Å²) in [5.41, 5.74) is 3.21. The molecule has 2 saturated heterocycles. The summed E-state index contributed by atoms with van der Waals surface area (Å²) in [7, 11) is 0. The van der Waals surface area contributed by atoms with E-state index in [1.807, 2.05) is 30.0 Å². The Bertz CT molecular complexity index is 633. The summed E-state index contributed by atoms with van der Waals surface area (Å²) in [6.45, 7) is 7.90. The molecular formula is C19H27N3O3. The Kier molecular flexibility index (Phi) is 5.71. The van der Waals surface area contributed by atoms with Gasteiger partial charge in [0.15, 0.2) is 0 Å². The maximum Gasteiger partial charge on any atom is 0.251 e. The molecule has 136 valence electrons. The van der Waals surface area contributed by atoms with Crippen LogP contribution in [0.2, 0.25) is 0 Å². The Balaban J connectivity index is 1.44. The summed E-state index contributed by atoms with van der Waals surface area (Å²) in [4.78, 5) is 28.5. The predicted molar refractivity (Wildman–Crippen MR) is 96.5 cm³/mol. The molecule has 1 atom stereocenters. The molecule has 25 heavy (non-hydrogen) atoms. The minimum Gasteiger partial charge on any atom is -0.368 e. The molecule has 2 aliphatic heterocycles. The molecular weight excluding hydrogens is 318 g/mol. The summed E-state index contributed by atoms with van der Waals surface area (Å²) in [5.74, 6) is 0.0962. The molecule has 0 bridgehead atoms. The monoisotopic (exact) mass is 345 g/mol. The molecule has 2 fully saturated rings. The number of carbonyl (C=O) groups excluding carboxylic acids is 2. The van der Waals surface area contributed by atoms with E-state index in [1.165, 1.54) is 11.1 Å². The van der Waals surface area contributed by atoms with E-state index in [2.05, 4.69) is 17.1 Å². The maximum absolute atomic E-state index is 12.3. The van der Waals surface area contributed by atoms with Crippen molar-refractivity contribution >= 4 is 17.5 Å². The van der Waals surface area contributed by atoms with Crippen LogP contribution >= 0.6 is 0 Å². The van der Waals surface area contributed by atoms with Gasteiger partial charge < -0.3 is 15.0 Å². The van der Waals surface area contributed by atoms with E-state index < -0.39 is 0 Å². The van der Waals surface area contributed by atoms with Gasteiger partial charge in [-0.25, -0.2) is 0 Å². The number of hydrogen-bond acceptors (Lipinski definition) is 4. The minimum atomic E-state index is -0.250.